The number of carbonyl (C=O) groups excluding carboxylic acids is 1. The van der Waals surface area contributed by atoms with Crippen molar-refractivity contribution in [2.75, 3.05) is 11.9 Å². The number of nitrogens with zero attached hydrogens (tertiary/aromatic N) is 2. The standard InChI is InChI=1S/C29H31F2IN4O3S/c1-18(2)25(17-37)34-27(38)19-9-14-26-24(15-19)35-28(33-21-10-12-22(13-11-21)40(4,32)39)36(26)16-20-7-5-6-8-23(20)29(3,30)31/h5-15,18,25,37H,4,16-17H2,1-3H3,(H,33,35)(H,34,38)/t25-,40?/m1/s1. The molecule has 1 amide bonds. The Morgan fingerprint density at radius 3 is 2.42 bits per heavy atom. The van der Waals surface area contributed by atoms with Gasteiger partial charge >= 0.3 is 0 Å². The Labute approximate surface area is 244 Å². The van der Waals surface area contributed by atoms with Crippen LogP contribution < -0.4 is 10.6 Å². The van der Waals surface area contributed by atoms with E-state index in [-0.39, 0.29) is 30.5 Å². The number of imidazole rings is 1. The van der Waals surface area contributed by atoms with Gasteiger partial charge in [0.05, 0.1) is 36.9 Å². The fraction of sp³-hybridized carbons (Fsp3) is 0.276. The van der Waals surface area contributed by atoms with Gasteiger partial charge in [-0.15, -0.1) is 0 Å². The first kappa shape index (κ1) is 29.9. The Kier molecular flexibility index (Phi) is 8.86. The molecule has 0 spiro atoms. The number of alkyl halides is 2. The molecular formula is C29H31F2IN4O3S. The van der Waals surface area contributed by atoms with E-state index in [2.05, 4.69) is 16.5 Å². The number of rotatable bonds is 10. The predicted molar refractivity (Wildman–Crippen MR) is 165 cm³/mol. The highest BCUT2D eigenvalue weighted by Gasteiger charge is 2.28. The third-order valence-corrected chi connectivity index (χ3v) is 9.11. The average molecular weight is 681 g/mol. The molecule has 0 aliphatic heterocycles. The van der Waals surface area contributed by atoms with E-state index in [1.165, 1.54) is 6.07 Å². The molecule has 212 valence electrons. The van der Waals surface area contributed by atoms with Crippen molar-refractivity contribution in [2.24, 2.45) is 5.92 Å². The van der Waals surface area contributed by atoms with Crippen LogP contribution in [0.2, 0.25) is 0 Å². The molecule has 0 fully saturated rings. The molecule has 7 nitrogen and oxygen atoms in total. The maximum Gasteiger partial charge on any atom is 0.270 e. The van der Waals surface area contributed by atoms with E-state index in [1.807, 2.05) is 35.1 Å². The third-order valence-electron chi connectivity index (χ3n) is 6.61. The molecule has 0 aliphatic carbocycles. The van der Waals surface area contributed by atoms with E-state index in [9.17, 15) is 22.9 Å². The average Bonchev–Trinajstić information content (AvgIpc) is 3.22. The zero-order valence-corrected chi connectivity index (χ0v) is 25.3. The second-order valence-corrected chi connectivity index (χ2v) is 16.0. The lowest BCUT2D eigenvalue weighted by atomic mass is 10.0. The van der Waals surface area contributed by atoms with Crippen molar-refractivity contribution in [1.82, 2.24) is 14.9 Å². The predicted octanol–water partition coefficient (Wildman–Crippen LogP) is 6.11. The van der Waals surface area contributed by atoms with Gasteiger partial charge in [-0.05, 0) is 59.8 Å². The Morgan fingerprint density at radius 1 is 1.15 bits per heavy atom. The topological polar surface area (TPSA) is 96.2 Å². The zero-order valence-electron chi connectivity index (χ0n) is 22.3. The highest BCUT2D eigenvalue weighted by molar-refractivity contribution is 14.2. The summed E-state index contributed by atoms with van der Waals surface area (Å²) in [6, 6.07) is 17.9. The number of anilines is 2. The number of nitrogens with one attached hydrogen (secondary N) is 2. The molecule has 0 bridgehead atoms. The number of hydrogen-bond donors (Lipinski definition) is 3. The first-order valence-corrected chi connectivity index (χ1v) is 16.9. The van der Waals surface area contributed by atoms with E-state index in [0.29, 0.717) is 38.7 Å². The van der Waals surface area contributed by atoms with Crippen LogP contribution in [-0.2, 0) is 19.2 Å². The minimum absolute atomic E-state index is 0.0416. The summed E-state index contributed by atoms with van der Waals surface area (Å²) in [7, 11) is 0. The molecule has 1 aromatic heterocycles. The number of benzene rings is 3. The summed E-state index contributed by atoms with van der Waals surface area (Å²) in [5.41, 5.74) is 2.49. The summed E-state index contributed by atoms with van der Waals surface area (Å²) in [6.07, 6.45) is 0. The first-order valence-electron chi connectivity index (χ1n) is 12.6. The largest absolute Gasteiger partial charge is 0.394 e. The van der Waals surface area contributed by atoms with Gasteiger partial charge in [-0.3, -0.25) is 9.00 Å². The van der Waals surface area contributed by atoms with E-state index in [0.717, 1.165) is 6.92 Å². The van der Waals surface area contributed by atoms with Crippen LogP contribution in [0.5, 0.6) is 0 Å². The number of hydrogen-bond acceptors (Lipinski definition) is 5. The number of aliphatic hydroxyl groups is 1. The second-order valence-electron chi connectivity index (χ2n) is 10.0. The van der Waals surface area contributed by atoms with Crippen LogP contribution in [0, 0.1) is 5.92 Å². The summed E-state index contributed by atoms with van der Waals surface area (Å²) in [5, 5.41) is 15.7. The molecule has 0 saturated carbocycles. The highest BCUT2D eigenvalue weighted by Crippen LogP contribution is 2.32. The SMILES string of the molecule is C=S(=O)(I)c1ccc(Nc2nc3cc(C(=O)N[C@H](CO)C(C)C)ccc3n2Cc2ccccc2C(C)(F)F)cc1. The number of aliphatic hydroxyl groups excluding tert-OH is 1. The number of aromatic nitrogens is 2. The number of fused-ring (bicyclic) bond motifs is 1. The van der Waals surface area contributed by atoms with Gasteiger partial charge in [-0.1, -0.05) is 38.1 Å². The molecule has 4 aromatic rings. The van der Waals surface area contributed by atoms with E-state index in [4.69, 9.17) is 4.98 Å². The maximum atomic E-state index is 14.4. The van der Waals surface area contributed by atoms with Crippen LogP contribution in [0.15, 0.2) is 71.6 Å². The van der Waals surface area contributed by atoms with Gasteiger partial charge in [0.2, 0.25) is 5.95 Å². The summed E-state index contributed by atoms with van der Waals surface area (Å²) in [4.78, 5) is 18.2. The van der Waals surface area contributed by atoms with Gasteiger partial charge in [0.15, 0.2) is 0 Å². The summed E-state index contributed by atoms with van der Waals surface area (Å²) < 4.78 is 42.9. The lowest BCUT2D eigenvalue weighted by Gasteiger charge is -2.20. The van der Waals surface area contributed by atoms with Gasteiger partial charge in [0, 0.05) is 49.8 Å². The minimum atomic E-state index is -3.04. The van der Waals surface area contributed by atoms with E-state index in [1.54, 1.807) is 65.2 Å². The van der Waals surface area contributed by atoms with Crippen molar-refractivity contribution >= 4 is 62.3 Å². The molecule has 1 heterocycles. The molecule has 1 unspecified atom stereocenters. The lowest BCUT2D eigenvalue weighted by Crippen LogP contribution is -2.41. The van der Waals surface area contributed by atoms with Gasteiger partial charge in [0.1, 0.15) is 0 Å². The van der Waals surface area contributed by atoms with Gasteiger partial charge in [-0.2, -0.15) is 0 Å². The summed E-state index contributed by atoms with van der Waals surface area (Å²) in [5.74, 6) is 0.737. The van der Waals surface area contributed by atoms with Gasteiger partial charge in [0.25, 0.3) is 11.8 Å². The molecular weight excluding hydrogens is 649 g/mol. The quantitative estimate of drug-likeness (QED) is 0.107. The molecule has 2 atom stereocenters. The van der Waals surface area contributed by atoms with Crippen LogP contribution in [0.1, 0.15) is 42.3 Å². The van der Waals surface area contributed by atoms with Crippen molar-refractivity contribution in [3.8, 4) is 0 Å². The monoisotopic (exact) mass is 680 g/mol. The maximum absolute atomic E-state index is 14.4. The molecule has 4 rings (SSSR count). The van der Waals surface area contributed by atoms with E-state index < -0.39 is 18.7 Å². The van der Waals surface area contributed by atoms with Gasteiger partial charge in [-0.25, -0.2) is 13.8 Å². The van der Waals surface area contributed by atoms with Gasteiger partial charge < -0.3 is 20.3 Å². The summed E-state index contributed by atoms with van der Waals surface area (Å²) >= 11 is 1.81. The molecule has 40 heavy (non-hydrogen) atoms. The molecule has 11 heteroatoms. The Bertz CT molecular complexity index is 1630. The molecule has 0 saturated heterocycles. The van der Waals surface area contributed by atoms with Crippen LogP contribution in [0.4, 0.5) is 20.4 Å². The van der Waals surface area contributed by atoms with Crippen molar-refractivity contribution in [3.63, 3.8) is 0 Å². The Hall–Kier alpha value is -3.03. The van der Waals surface area contributed by atoms with Crippen molar-refractivity contribution in [2.45, 2.75) is 44.2 Å². The smallest absolute Gasteiger partial charge is 0.270 e. The van der Waals surface area contributed by atoms with Crippen LogP contribution >= 0.6 is 21.2 Å². The first-order chi connectivity index (χ1) is 18.8. The number of halogens is 3. The van der Waals surface area contributed by atoms with Crippen LogP contribution in [0.25, 0.3) is 11.0 Å². The van der Waals surface area contributed by atoms with Crippen LogP contribution in [-0.4, -0.2) is 43.3 Å². The van der Waals surface area contributed by atoms with Crippen molar-refractivity contribution in [3.05, 3.63) is 83.4 Å². The number of carbonyl (C=O) groups is 1. The summed E-state index contributed by atoms with van der Waals surface area (Å²) in [6.45, 7) is 2.18. The second kappa shape index (κ2) is 11.8. The Morgan fingerprint density at radius 2 is 1.82 bits per heavy atom. The normalized spacial score (nSPS) is 14.2. The molecule has 0 aliphatic rings. The Balaban J connectivity index is 1.77. The highest BCUT2D eigenvalue weighted by atomic mass is 127. The molecule has 3 N–H and O–H groups in total. The fourth-order valence-electron chi connectivity index (χ4n) is 4.33. The lowest BCUT2D eigenvalue weighted by molar-refractivity contribution is 0.0165. The van der Waals surface area contributed by atoms with Crippen LogP contribution in [0.3, 0.4) is 0 Å². The fourth-order valence-corrected chi connectivity index (χ4v) is 5.75. The third kappa shape index (κ3) is 6.81. The molecule has 0 radical (unpaired) electrons. The van der Waals surface area contributed by atoms with E-state index >= 15 is 0 Å². The van der Waals surface area contributed by atoms with Crippen molar-refractivity contribution in [1.29, 1.82) is 0 Å². The molecule has 3 aromatic carbocycles. The number of amides is 1. The zero-order chi connectivity index (χ0) is 29.2. The minimum Gasteiger partial charge on any atom is -0.394 e. The van der Waals surface area contributed by atoms with Crippen molar-refractivity contribution < 1.29 is 22.9 Å².